The number of anilines is 4. The average molecular weight is 463 g/mol. The van der Waals surface area contributed by atoms with Gasteiger partial charge in [-0.2, -0.15) is 4.31 Å². The molecule has 31 heavy (non-hydrogen) atoms. The van der Waals surface area contributed by atoms with Crippen LogP contribution in [0, 0.1) is 0 Å². The highest BCUT2D eigenvalue weighted by Gasteiger charge is 2.35. The van der Waals surface area contributed by atoms with Crippen molar-refractivity contribution in [1.82, 2.24) is 4.31 Å². The van der Waals surface area contributed by atoms with E-state index in [1.54, 1.807) is 30.3 Å². The highest BCUT2D eigenvalue weighted by Crippen LogP contribution is 2.40. The summed E-state index contributed by atoms with van der Waals surface area (Å²) in [6, 6.07) is 11.1. The van der Waals surface area contributed by atoms with E-state index in [4.69, 9.17) is 17.3 Å². The fourth-order valence-electron chi connectivity index (χ4n) is 3.42. The smallest absolute Gasteiger partial charge is 0.253 e. The summed E-state index contributed by atoms with van der Waals surface area (Å²) in [4.78, 5) is 23.7. The van der Waals surface area contributed by atoms with Crippen molar-refractivity contribution in [2.75, 3.05) is 23.7 Å². The number of sulfonamides is 1. The van der Waals surface area contributed by atoms with E-state index in [1.807, 2.05) is 0 Å². The second-order valence-electron chi connectivity index (χ2n) is 7.21. The fraction of sp³-hybridized carbons (Fsp3) is 0.200. The van der Waals surface area contributed by atoms with Crippen molar-refractivity contribution in [3.05, 3.63) is 67.9 Å². The molecule has 0 radical (unpaired) electrons. The van der Waals surface area contributed by atoms with Crippen LogP contribution >= 0.6 is 11.6 Å². The number of phenolic OH excluding ortho intramolecular Hbond substituents is 1. The molecule has 0 amide bonds. The van der Waals surface area contributed by atoms with Crippen LogP contribution in [0.3, 0.4) is 0 Å². The molecule has 0 aromatic heterocycles. The minimum Gasteiger partial charge on any atom is -0.504 e. The minimum absolute atomic E-state index is 0.0143. The van der Waals surface area contributed by atoms with Crippen LogP contribution in [0.1, 0.15) is 6.42 Å². The Morgan fingerprint density at radius 1 is 1.03 bits per heavy atom. The van der Waals surface area contributed by atoms with Crippen molar-refractivity contribution < 1.29 is 13.5 Å². The van der Waals surface area contributed by atoms with Gasteiger partial charge in [0.05, 0.1) is 10.7 Å². The van der Waals surface area contributed by atoms with Gasteiger partial charge in [0.25, 0.3) is 10.9 Å². The van der Waals surface area contributed by atoms with Gasteiger partial charge in [0.2, 0.25) is 10.0 Å². The molecule has 1 atom stereocenters. The summed E-state index contributed by atoms with van der Waals surface area (Å²) >= 11 is 6.10. The standard InChI is InChI=1S/C20H19ClN4O5S/c21-13-6-7-14(17(26)20(13)31(29,30)25-9-8-11(22)10-25)24-16-15(18(27)19(16)28)23-12-4-2-1-3-5-12/h1-7,11,23-24,26H,8-10,22H2/t11-/m0/s1. The third-order valence-electron chi connectivity index (χ3n) is 5.08. The number of benzene rings is 2. The van der Waals surface area contributed by atoms with E-state index in [0.717, 1.165) is 4.31 Å². The molecule has 1 fully saturated rings. The van der Waals surface area contributed by atoms with Gasteiger partial charge >= 0.3 is 0 Å². The molecule has 5 N–H and O–H groups in total. The first-order valence-electron chi connectivity index (χ1n) is 9.39. The van der Waals surface area contributed by atoms with Gasteiger partial charge < -0.3 is 21.5 Å². The number of nitrogens with one attached hydrogen (secondary N) is 2. The zero-order valence-electron chi connectivity index (χ0n) is 16.1. The second-order valence-corrected chi connectivity index (χ2v) is 9.49. The number of para-hydroxylation sites is 1. The third-order valence-corrected chi connectivity index (χ3v) is 7.45. The van der Waals surface area contributed by atoms with Gasteiger partial charge in [0.1, 0.15) is 16.3 Å². The SMILES string of the molecule is N[C@H]1CCN(S(=O)(=O)c2c(Cl)ccc(Nc3c(Nc4ccccc4)c(=O)c3=O)c2O)C1. The van der Waals surface area contributed by atoms with E-state index in [9.17, 15) is 23.1 Å². The Bertz CT molecular complexity index is 1320. The number of halogens is 1. The van der Waals surface area contributed by atoms with Gasteiger partial charge in [0.15, 0.2) is 5.75 Å². The first-order valence-corrected chi connectivity index (χ1v) is 11.2. The highest BCUT2D eigenvalue weighted by molar-refractivity contribution is 7.89. The topological polar surface area (TPSA) is 142 Å². The normalized spacial score (nSPS) is 17.2. The van der Waals surface area contributed by atoms with Gasteiger partial charge in [-0.1, -0.05) is 29.8 Å². The maximum absolute atomic E-state index is 13.0. The Morgan fingerprint density at radius 2 is 1.68 bits per heavy atom. The quantitative estimate of drug-likeness (QED) is 0.321. The van der Waals surface area contributed by atoms with Crippen molar-refractivity contribution in [2.45, 2.75) is 17.4 Å². The predicted octanol–water partition coefficient (Wildman–Crippen LogP) is 1.85. The molecule has 0 aliphatic carbocycles. The van der Waals surface area contributed by atoms with E-state index in [-0.39, 0.29) is 41.2 Å². The predicted molar refractivity (Wildman–Crippen MR) is 119 cm³/mol. The molecular weight excluding hydrogens is 444 g/mol. The molecule has 9 nitrogen and oxygen atoms in total. The number of hydrogen-bond acceptors (Lipinski definition) is 8. The Labute approximate surface area is 182 Å². The molecule has 0 bridgehead atoms. The Balaban J connectivity index is 1.69. The molecule has 1 saturated heterocycles. The number of nitrogens with two attached hydrogens (primary N) is 1. The third kappa shape index (κ3) is 3.79. The Hall–Kier alpha value is -2.92. The summed E-state index contributed by atoms with van der Waals surface area (Å²) in [6.45, 7) is 0.319. The second kappa shape index (κ2) is 7.97. The van der Waals surface area contributed by atoms with E-state index in [1.165, 1.54) is 12.1 Å². The summed E-state index contributed by atoms with van der Waals surface area (Å²) < 4.78 is 27.2. The summed E-state index contributed by atoms with van der Waals surface area (Å²) in [6.07, 6.45) is 0.494. The lowest BCUT2D eigenvalue weighted by Gasteiger charge is -2.20. The fourth-order valence-corrected chi connectivity index (χ4v) is 5.53. The average Bonchev–Trinajstić information content (AvgIpc) is 3.19. The van der Waals surface area contributed by atoms with Gasteiger partial charge in [0, 0.05) is 24.8 Å². The zero-order chi connectivity index (χ0) is 22.3. The molecule has 4 rings (SSSR count). The zero-order valence-corrected chi connectivity index (χ0v) is 17.7. The van der Waals surface area contributed by atoms with Crippen LogP contribution in [-0.2, 0) is 10.0 Å². The van der Waals surface area contributed by atoms with Crippen LogP contribution in [0.5, 0.6) is 5.75 Å². The molecule has 0 unspecified atom stereocenters. The van der Waals surface area contributed by atoms with E-state index >= 15 is 0 Å². The lowest BCUT2D eigenvalue weighted by molar-refractivity contribution is 0.444. The molecule has 1 heterocycles. The number of phenols is 1. The molecule has 3 aromatic carbocycles. The molecule has 1 aliphatic rings. The maximum atomic E-state index is 13.0. The number of nitrogens with zero attached hydrogens (tertiary/aromatic N) is 1. The van der Waals surface area contributed by atoms with E-state index < -0.39 is 31.5 Å². The largest absolute Gasteiger partial charge is 0.504 e. The van der Waals surface area contributed by atoms with Crippen molar-refractivity contribution >= 4 is 44.4 Å². The molecule has 3 aromatic rings. The summed E-state index contributed by atoms with van der Waals surface area (Å²) in [7, 11) is -4.12. The lowest BCUT2D eigenvalue weighted by atomic mass is 10.1. The molecule has 0 saturated carbocycles. The van der Waals surface area contributed by atoms with Gasteiger partial charge in [-0.15, -0.1) is 0 Å². The molecule has 162 valence electrons. The van der Waals surface area contributed by atoms with Crippen LogP contribution in [0.15, 0.2) is 56.9 Å². The van der Waals surface area contributed by atoms with Crippen LogP contribution in [-0.4, -0.2) is 37.0 Å². The van der Waals surface area contributed by atoms with Crippen LogP contribution in [0.4, 0.5) is 22.7 Å². The van der Waals surface area contributed by atoms with Crippen molar-refractivity contribution in [1.29, 1.82) is 0 Å². The Morgan fingerprint density at radius 3 is 2.29 bits per heavy atom. The van der Waals surface area contributed by atoms with Crippen LogP contribution in [0.2, 0.25) is 5.02 Å². The first-order chi connectivity index (χ1) is 14.7. The van der Waals surface area contributed by atoms with Gasteiger partial charge in [-0.05, 0) is 30.7 Å². The summed E-state index contributed by atoms with van der Waals surface area (Å²) in [5.74, 6) is -0.647. The first kappa shape index (κ1) is 21.3. The highest BCUT2D eigenvalue weighted by atomic mass is 35.5. The molecule has 1 aliphatic heterocycles. The van der Waals surface area contributed by atoms with Crippen molar-refractivity contribution in [3.8, 4) is 5.75 Å². The van der Waals surface area contributed by atoms with Crippen LogP contribution < -0.4 is 27.2 Å². The number of aromatic hydroxyl groups is 1. The van der Waals surface area contributed by atoms with Gasteiger partial charge in [-0.25, -0.2) is 8.42 Å². The minimum atomic E-state index is -4.12. The summed E-state index contributed by atoms with van der Waals surface area (Å²) in [5.41, 5.74) is 4.74. The monoisotopic (exact) mass is 462 g/mol. The van der Waals surface area contributed by atoms with Crippen molar-refractivity contribution in [2.24, 2.45) is 5.73 Å². The Kier molecular flexibility index (Phi) is 5.48. The number of hydrogen-bond donors (Lipinski definition) is 4. The molecular formula is C20H19ClN4O5S. The van der Waals surface area contributed by atoms with E-state index in [0.29, 0.717) is 12.1 Å². The van der Waals surface area contributed by atoms with Crippen LogP contribution in [0.25, 0.3) is 0 Å². The maximum Gasteiger partial charge on any atom is 0.253 e. The molecule has 0 spiro atoms. The van der Waals surface area contributed by atoms with E-state index in [2.05, 4.69) is 10.6 Å². The van der Waals surface area contributed by atoms with Crippen molar-refractivity contribution in [3.63, 3.8) is 0 Å². The number of rotatable bonds is 6. The molecule has 11 heteroatoms. The lowest BCUT2D eigenvalue weighted by Crippen LogP contribution is -2.36. The van der Waals surface area contributed by atoms with Gasteiger partial charge in [-0.3, -0.25) is 9.59 Å². The summed E-state index contributed by atoms with van der Waals surface area (Å²) in [5, 5.41) is 16.1.